The van der Waals surface area contributed by atoms with E-state index >= 15 is 0 Å². The van der Waals surface area contributed by atoms with Crippen LogP contribution < -0.4 is 0 Å². The minimum absolute atomic E-state index is 0.241. The van der Waals surface area contributed by atoms with E-state index in [0.717, 1.165) is 5.75 Å². The zero-order chi connectivity index (χ0) is 7.14. The molecule has 10 heavy (non-hydrogen) atoms. The fourth-order valence-corrected chi connectivity index (χ4v) is 2.36. The van der Waals surface area contributed by atoms with E-state index in [1.807, 2.05) is 0 Å². The van der Waals surface area contributed by atoms with Crippen molar-refractivity contribution in [2.24, 2.45) is 0 Å². The molecule has 1 N–H and O–H groups in total. The Hall–Kier alpha value is 0.230. The molecule has 0 radical (unpaired) electrons. The van der Waals surface area contributed by atoms with Gasteiger partial charge in [0.25, 0.3) is 0 Å². The molecule has 2 saturated heterocycles. The topological polar surface area (TPSA) is 38.7 Å². The molecular formula is C6H10O3S. The molecular weight excluding hydrogens is 152 g/mol. The van der Waals surface area contributed by atoms with Crippen LogP contribution in [0.4, 0.5) is 0 Å². The highest BCUT2D eigenvalue weighted by Gasteiger charge is 2.49. The maximum Gasteiger partial charge on any atom is 0.184 e. The predicted octanol–water partition coefficient (Wildman–Crippen LogP) is -0.166. The van der Waals surface area contributed by atoms with Gasteiger partial charge in [-0.2, -0.15) is 11.8 Å². The molecule has 0 bridgehead atoms. The highest BCUT2D eigenvalue weighted by Crippen LogP contribution is 2.41. The van der Waals surface area contributed by atoms with Gasteiger partial charge in [0.2, 0.25) is 0 Å². The monoisotopic (exact) mass is 162 g/mol. The molecule has 2 aliphatic rings. The van der Waals surface area contributed by atoms with E-state index < -0.39 is 6.10 Å². The van der Waals surface area contributed by atoms with Gasteiger partial charge in [-0.3, -0.25) is 0 Å². The van der Waals surface area contributed by atoms with Gasteiger partial charge in [-0.25, -0.2) is 0 Å². The van der Waals surface area contributed by atoms with Crippen molar-refractivity contribution in [3.63, 3.8) is 0 Å². The first kappa shape index (κ1) is 6.91. The number of hydrogen-bond donors (Lipinski definition) is 1. The lowest BCUT2D eigenvalue weighted by Crippen LogP contribution is -2.38. The Morgan fingerprint density at radius 1 is 1.70 bits per heavy atom. The number of aliphatic hydroxyl groups excluding tert-OH is 1. The van der Waals surface area contributed by atoms with Gasteiger partial charge < -0.3 is 14.6 Å². The summed E-state index contributed by atoms with van der Waals surface area (Å²) in [5.41, 5.74) is 0. The number of ether oxygens (including phenoxy) is 2. The fraction of sp³-hybridized carbons (Fsp3) is 1.00. The van der Waals surface area contributed by atoms with Crippen LogP contribution >= 0.6 is 11.8 Å². The van der Waals surface area contributed by atoms with Gasteiger partial charge in [-0.15, -0.1) is 0 Å². The van der Waals surface area contributed by atoms with Crippen molar-refractivity contribution in [1.82, 2.24) is 0 Å². The van der Waals surface area contributed by atoms with E-state index in [9.17, 15) is 5.11 Å². The SMILES string of the molecule is CO[C@H]1O[C@@H]2CS[C@@H]2[C@H]1O. The first-order valence-electron chi connectivity index (χ1n) is 3.31. The Morgan fingerprint density at radius 2 is 2.50 bits per heavy atom. The van der Waals surface area contributed by atoms with Crippen LogP contribution in [0.25, 0.3) is 0 Å². The molecule has 0 aromatic heterocycles. The number of thioether (sulfide) groups is 1. The number of fused-ring (bicyclic) bond motifs is 1. The summed E-state index contributed by atoms with van der Waals surface area (Å²) < 4.78 is 10.2. The molecule has 58 valence electrons. The Morgan fingerprint density at radius 3 is 2.80 bits per heavy atom. The molecule has 0 saturated carbocycles. The molecule has 2 heterocycles. The first-order chi connectivity index (χ1) is 4.83. The van der Waals surface area contributed by atoms with Crippen LogP contribution in [-0.2, 0) is 9.47 Å². The van der Waals surface area contributed by atoms with Crippen molar-refractivity contribution in [2.75, 3.05) is 12.9 Å². The Bertz CT molecular complexity index is 141. The number of hydrogen-bond acceptors (Lipinski definition) is 4. The predicted molar refractivity (Wildman–Crippen MR) is 37.9 cm³/mol. The maximum absolute atomic E-state index is 9.41. The molecule has 2 fully saturated rings. The summed E-state index contributed by atoms with van der Waals surface area (Å²) in [6.07, 6.45) is -0.566. The molecule has 0 amide bonds. The van der Waals surface area contributed by atoms with Gasteiger partial charge in [0.1, 0.15) is 6.10 Å². The van der Waals surface area contributed by atoms with Gasteiger partial charge in [-0.1, -0.05) is 0 Å². The first-order valence-corrected chi connectivity index (χ1v) is 4.35. The lowest BCUT2D eigenvalue weighted by molar-refractivity contribution is -0.144. The second kappa shape index (κ2) is 2.37. The minimum atomic E-state index is -0.422. The second-order valence-corrected chi connectivity index (χ2v) is 3.78. The largest absolute Gasteiger partial charge is 0.387 e. The van der Waals surface area contributed by atoms with Crippen molar-refractivity contribution >= 4 is 11.8 Å². The van der Waals surface area contributed by atoms with Gasteiger partial charge in [0, 0.05) is 12.9 Å². The third kappa shape index (κ3) is 0.797. The molecule has 2 aliphatic heterocycles. The summed E-state index contributed by atoms with van der Waals surface area (Å²) in [5, 5.41) is 9.68. The molecule has 0 aromatic carbocycles. The summed E-state index contributed by atoms with van der Waals surface area (Å²) in [6, 6.07) is 0. The highest BCUT2D eigenvalue weighted by molar-refractivity contribution is 8.01. The molecule has 2 rings (SSSR count). The molecule has 4 atom stereocenters. The normalized spacial score (nSPS) is 52.2. The molecule has 3 nitrogen and oxygen atoms in total. The Labute approximate surface area is 63.7 Å². The van der Waals surface area contributed by atoms with Crippen molar-refractivity contribution < 1.29 is 14.6 Å². The van der Waals surface area contributed by atoms with Crippen molar-refractivity contribution in [3.8, 4) is 0 Å². The van der Waals surface area contributed by atoms with Crippen molar-refractivity contribution in [1.29, 1.82) is 0 Å². The van der Waals surface area contributed by atoms with E-state index in [1.54, 1.807) is 18.9 Å². The zero-order valence-corrected chi connectivity index (χ0v) is 6.50. The molecule has 4 heteroatoms. The average Bonchev–Trinajstić information content (AvgIpc) is 2.05. The molecule has 0 aliphatic carbocycles. The van der Waals surface area contributed by atoms with E-state index in [2.05, 4.69) is 0 Å². The summed E-state index contributed by atoms with van der Waals surface area (Å²) in [5.74, 6) is 1.00. The van der Waals surface area contributed by atoms with Gasteiger partial charge in [0.05, 0.1) is 11.4 Å². The Kier molecular flexibility index (Phi) is 1.64. The summed E-state index contributed by atoms with van der Waals surface area (Å²) in [6.45, 7) is 0. The van der Waals surface area contributed by atoms with Gasteiger partial charge in [-0.05, 0) is 0 Å². The summed E-state index contributed by atoms with van der Waals surface area (Å²) in [7, 11) is 1.56. The second-order valence-electron chi connectivity index (χ2n) is 2.57. The standard InChI is InChI=1S/C6H10O3S/c1-8-6-4(7)5-3(9-6)2-10-5/h3-7H,2H2,1H3/t3-,4-,5+,6+/m1/s1. The number of rotatable bonds is 1. The zero-order valence-electron chi connectivity index (χ0n) is 5.69. The van der Waals surface area contributed by atoms with E-state index in [-0.39, 0.29) is 17.6 Å². The van der Waals surface area contributed by atoms with Gasteiger partial charge >= 0.3 is 0 Å². The maximum atomic E-state index is 9.41. The van der Waals surface area contributed by atoms with Gasteiger partial charge in [0.15, 0.2) is 6.29 Å². The van der Waals surface area contributed by atoms with E-state index in [4.69, 9.17) is 9.47 Å². The fourth-order valence-electron chi connectivity index (χ4n) is 1.32. The van der Waals surface area contributed by atoms with Crippen LogP contribution in [0.2, 0.25) is 0 Å². The number of methoxy groups -OCH3 is 1. The lowest BCUT2D eigenvalue weighted by Gasteiger charge is -2.28. The summed E-state index contributed by atoms with van der Waals surface area (Å²) >= 11 is 1.75. The minimum Gasteiger partial charge on any atom is -0.387 e. The van der Waals surface area contributed by atoms with Crippen LogP contribution in [0.5, 0.6) is 0 Å². The van der Waals surface area contributed by atoms with Crippen molar-refractivity contribution in [2.45, 2.75) is 23.7 Å². The van der Waals surface area contributed by atoms with Crippen LogP contribution in [0.15, 0.2) is 0 Å². The molecule has 0 aromatic rings. The van der Waals surface area contributed by atoms with E-state index in [0.29, 0.717) is 0 Å². The highest BCUT2D eigenvalue weighted by atomic mass is 32.2. The van der Waals surface area contributed by atoms with Crippen LogP contribution in [0.3, 0.4) is 0 Å². The van der Waals surface area contributed by atoms with Crippen LogP contribution in [0, 0.1) is 0 Å². The molecule has 0 unspecified atom stereocenters. The van der Waals surface area contributed by atoms with Crippen molar-refractivity contribution in [3.05, 3.63) is 0 Å². The average molecular weight is 162 g/mol. The third-order valence-electron chi connectivity index (χ3n) is 1.98. The quantitative estimate of drug-likeness (QED) is 0.581. The number of aliphatic hydroxyl groups is 1. The van der Waals surface area contributed by atoms with E-state index in [1.165, 1.54) is 0 Å². The smallest absolute Gasteiger partial charge is 0.184 e. The van der Waals surface area contributed by atoms with Crippen LogP contribution in [0.1, 0.15) is 0 Å². The Balaban J connectivity index is 2.02. The van der Waals surface area contributed by atoms with Crippen LogP contribution in [-0.4, -0.2) is 41.7 Å². The third-order valence-corrected chi connectivity index (χ3v) is 3.46. The summed E-state index contributed by atoms with van der Waals surface area (Å²) in [4.78, 5) is 0. The lowest BCUT2D eigenvalue weighted by atomic mass is 10.2. The molecule has 0 spiro atoms.